The molecule has 0 spiro atoms. The van der Waals surface area contributed by atoms with E-state index in [0.29, 0.717) is 16.1 Å². The first-order valence-electron chi connectivity index (χ1n) is 7.45. The van der Waals surface area contributed by atoms with Crippen molar-refractivity contribution in [2.45, 2.75) is 19.8 Å². The predicted molar refractivity (Wildman–Crippen MR) is 86.7 cm³/mol. The van der Waals surface area contributed by atoms with Gasteiger partial charge in [0.25, 0.3) is 0 Å². The highest BCUT2D eigenvalue weighted by atomic mass is 32.1. The van der Waals surface area contributed by atoms with E-state index < -0.39 is 12.5 Å². The minimum Gasteiger partial charge on any atom is -0.488 e. The van der Waals surface area contributed by atoms with Gasteiger partial charge in [-0.1, -0.05) is 12.1 Å². The summed E-state index contributed by atoms with van der Waals surface area (Å²) >= 11 is 1.30. The normalized spacial score (nSPS) is 12.4. The van der Waals surface area contributed by atoms with Crippen molar-refractivity contribution in [1.29, 1.82) is 0 Å². The molecule has 3 aromatic rings. The predicted octanol–water partition coefficient (Wildman–Crippen LogP) is 4.26. The van der Waals surface area contributed by atoms with E-state index in [1.807, 2.05) is 24.3 Å². The molecule has 2 aromatic heterocycles. The lowest BCUT2D eigenvalue weighted by Gasteiger charge is -2.16. The Kier molecular flexibility index (Phi) is 3.96. The number of nitrogens with zero attached hydrogens (tertiary/aromatic N) is 2. The van der Waals surface area contributed by atoms with Gasteiger partial charge in [-0.3, -0.25) is 4.57 Å². The lowest BCUT2D eigenvalue weighted by Crippen LogP contribution is -2.09. The summed E-state index contributed by atoms with van der Waals surface area (Å²) in [7, 11) is 0. The number of halogens is 2. The number of carbonyl (C=O) groups excluding carboxylic acids is 1. The van der Waals surface area contributed by atoms with E-state index in [2.05, 4.69) is 4.98 Å². The second-order valence-electron chi connectivity index (χ2n) is 5.35. The fourth-order valence-electron chi connectivity index (χ4n) is 2.63. The fraction of sp³-hybridized carbons (Fsp3) is 0.176. The van der Waals surface area contributed by atoms with Crippen LogP contribution in [0.25, 0.3) is 10.4 Å². The largest absolute Gasteiger partial charge is 0.488 e. The number of hydrogen-bond donors (Lipinski definition) is 0. The number of hydrogen-bond acceptors (Lipinski definition) is 5. The van der Waals surface area contributed by atoms with E-state index in [-0.39, 0.29) is 12.4 Å². The van der Waals surface area contributed by atoms with Gasteiger partial charge in [0.1, 0.15) is 23.8 Å². The van der Waals surface area contributed by atoms with Gasteiger partial charge in [-0.15, -0.1) is 11.3 Å². The van der Waals surface area contributed by atoms with E-state index in [1.165, 1.54) is 17.5 Å². The Morgan fingerprint density at radius 1 is 1.40 bits per heavy atom. The molecule has 25 heavy (non-hydrogen) atoms. The number of fused-ring (bicyclic) bond motifs is 3. The van der Waals surface area contributed by atoms with Gasteiger partial charge < -0.3 is 9.47 Å². The summed E-state index contributed by atoms with van der Waals surface area (Å²) in [6, 6.07) is 9.31. The van der Waals surface area contributed by atoms with E-state index in [4.69, 9.17) is 9.47 Å². The molecule has 0 N–H and O–H groups in total. The quantitative estimate of drug-likeness (QED) is 0.651. The van der Waals surface area contributed by atoms with Crippen LogP contribution in [0.4, 0.5) is 8.78 Å². The van der Waals surface area contributed by atoms with Gasteiger partial charge in [-0.25, -0.2) is 9.78 Å². The average Bonchev–Trinajstić information content (AvgIpc) is 3.26. The van der Waals surface area contributed by atoms with Crippen molar-refractivity contribution in [2.75, 3.05) is 0 Å². The van der Waals surface area contributed by atoms with E-state index in [0.717, 1.165) is 28.0 Å². The topological polar surface area (TPSA) is 53.3 Å². The van der Waals surface area contributed by atoms with Crippen molar-refractivity contribution < 1.29 is 23.0 Å². The van der Waals surface area contributed by atoms with Crippen molar-refractivity contribution in [1.82, 2.24) is 9.55 Å². The standard InChI is InChI=1S/C17H12F2N2O3S/c18-17(19)21-6-5-20-14(21)9-24-16(22)13-7-10-8-23-12-4-2-1-3-11(12)15(10)25-13/h1-7,17H,8-9H2. The Balaban J connectivity index is 1.53. The molecule has 8 heteroatoms. The number of thiophene rings is 1. The smallest absolute Gasteiger partial charge is 0.348 e. The first-order valence-corrected chi connectivity index (χ1v) is 8.27. The molecule has 0 fully saturated rings. The maximum Gasteiger partial charge on any atom is 0.348 e. The zero-order chi connectivity index (χ0) is 17.4. The number of alkyl halides is 2. The van der Waals surface area contributed by atoms with Crippen molar-refractivity contribution in [3.63, 3.8) is 0 Å². The van der Waals surface area contributed by atoms with Gasteiger partial charge >= 0.3 is 12.5 Å². The summed E-state index contributed by atoms with van der Waals surface area (Å²) in [5.74, 6) is 0.203. The number of ether oxygens (including phenoxy) is 2. The molecule has 4 rings (SSSR count). The number of imidazole rings is 1. The SMILES string of the molecule is O=C(OCc1nccn1C(F)F)c1cc2c(s1)-c1ccccc1OC2. The third-order valence-corrected chi connectivity index (χ3v) is 5.01. The molecule has 0 saturated heterocycles. The van der Waals surface area contributed by atoms with Crippen LogP contribution in [0.15, 0.2) is 42.7 Å². The van der Waals surface area contributed by atoms with Crippen LogP contribution in [0.2, 0.25) is 0 Å². The summed E-state index contributed by atoms with van der Waals surface area (Å²) < 4.78 is 37.0. The van der Waals surface area contributed by atoms with Gasteiger partial charge in [0.15, 0.2) is 5.82 Å². The van der Waals surface area contributed by atoms with Gasteiger partial charge in [-0.2, -0.15) is 8.78 Å². The van der Waals surface area contributed by atoms with E-state index in [1.54, 1.807) is 6.07 Å². The lowest BCUT2D eigenvalue weighted by molar-refractivity contribution is 0.0380. The fourth-order valence-corrected chi connectivity index (χ4v) is 3.73. The highest BCUT2D eigenvalue weighted by molar-refractivity contribution is 7.17. The van der Waals surface area contributed by atoms with Gasteiger partial charge in [0.2, 0.25) is 0 Å². The van der Waals surface area contributed by atoms with Crippen LogP contribution in [0.3, 0.4) is 0 Å². The number of aromatic nitrogens is 2. The second kappa shape index (κ2) is 6.29. The molecule has 0 unspecified atom stereocenters. The highest BCUT2D eigenvalue weighted by Gasteiger charge is 2.23. The van der Waals surface area contributed by atoms with E-state index >= 15 is 0 Å². The lowest BCUT2D eigenvalue weighted by atomic mass is 10.1. The molecule has 0 amide bonds. The number of carbonyl (C=O) groups is 1. The van der Waals surface area contributed by atoms with Crippen LogP contribution in [-0.4, -0.2) is 15.5 Å². The first kappa shape index (κ1) is 15.8. The van der Waals surface area contributed by atoms with Crippen LogP contribution in [0, 0.1) is 0 Å². The van der Waals surface area contributed by atoms with Crippen molar-refractivity contribution >= 4 is 17.3 Å². The number of benzene rings is 1. The Labute approximate surface area is 145 Å². The van der Waals surface area contributed by atoms with Gasteiger partial charge in [-0.05, 0) is 18.2 Å². The Bertz CT molecular complexity index is 936. The molecule has 0 aliphatic carbocycles. The van der Waals surface area contributed by atoms with Crippen LogP contribution in [0.1, 0.15) is 27.6 Å². The first-order chi connectivity index (χ1) is 12.1. The maximum absolute atomic E-state index is 12.8. The van der Waals surface area contributed by atoms with Crippen LogP contribution in [-0.2, 0) is 18.0 Å². The number of para-hydroxylation sites is 1. The number of rotatable bonds is 4. The summed E-state index contributed by atoms with van der Waals surface area (Å²) in [6.07, 6.45) is 2.39. The minimum atomic E-state index is -2.72. The third-order valence-electron chi connectivity index (χ3n) is 3.82. The van der Waals surface area contributed by atoms with Crippen molar-refractivity contribution in [3.05, 3.63) is 59.0 Å². The minimum absolute atomic E-state index is 0.00153. The molecule has 0 radical (unpaired) electrons. The van der Waals surface area contributed by atoms with Crippen LogP contribution in [0.5, 0.6) is 5.75 Å². The molecule has 1 aliphatic heterocycles. The summed E-state index contributed by atoms with van der Waals surface area (Å²) in [6.45, 7) is -2.66. The van der Waals surface area contributed by atoms with Gasteiger partial charge in [0, 0.05) is 28.4 Å². The van der Waals surface area contributed by atoms with E-state index in [9.17, 15) is 13.6 Å². The maximum atomic E-state index is 12.8. The van der Waals surface area contributed by atoms with Gasteiger partial charge in [0.05, 0.1) is 0 Å². The Morgan fingerprint density at radius 3 is 3.08 bits per heavy atom. The highest BCUT2D eigenvalue weighted by Crippen LogP contribution is 2.42. The molecule has 0 atom stereocenters. The molecule has 0 saturated carbocycles. The average molecular weight is 362 g/mol. The molecular weight excluding hydrogens is 350 g/mol. The van der Waals surface area contributed by atoms with Crippen LogP contribution >= 0.6 is 11.3 Å². The molecule has 5 nitrogen and oxygen atoms in total. The molecule has 0 bridgehead atoms. The Morgan fingerprint density at radius 2 is 2.24 bits per heavy atom. The molecular formula is C17H12F2N2O3S. The molecule has 128 valence electrons. The number of esters is 1. The second-order valence-corrected chi connectivity index (χ2v) is 6.41. The molecule has 1 aliphatic rings. The third kappa shape index (κ3) is 2.89. The van der Waals surface area contributed by atoms with Crippen molar-refractivity contribution in [3.8, 4) is 16.2 Å². The monoisotopic (exact) mass is 362 g/mol. The summed E-state index contributed by atoms with van der Waals surface area (Å²) in [5.41, 5.74) is 1.84. The molecule has 1 aromatic carbocycles. The summed E-state index contributed by atoms with van der Waals surface area (Å²) in [5, 5.41) is 0. The van der Waals surface area contributed by atoms with Crippen LogP contribution < -0.4 is 4.74 Å². The molecule has 3 heterocycles. The zero-order valence-corrected chi connectivity index (χ0v) is 13.6. The summed E-state index contributed by atoms with van der Waals surface area (Å²) in [4.78, 5) is 17.4. The Hall–Kier alpha value is -2.74. The zero-order valence-electron chi connectivity index (χ0n) is 12.8. The van der Waals surface area contributed by atoms with Crippen molar-refractivity contribution in [2.24, 2.45) is 0 Å².